The molecule has 0 spiro atoms. The number of thiophene rings is 1. The van der Waals surface area contributed by atoms with Crippen molar-refractivity contribution in [2.45, 2.75) is 70.8 Å². The van der Waals surface area contributed by atoms with Crippen LogP contribution in [-0.2, 0) is 10.2 Å². The number of carbonyl (C=O) groups is 1. The Labute approximate surface area is 193 Å². The number of rotatable bonds is 4. The van der Waals surface area contributed by atoms with Gasteiger partial charge in [0.1, 0.15) is 10.7 Å². The second-order valence-corrected chi connectivity index (χ2v) is 11.0. The maximum atomic E-state index is 13.7. The molecular formula is C26H31N3O2S. The van der Waals surface area contributed by atoms with Gasteiger partial charge in [0.05, 0.1) is 16.8 Å². The zero-order valence-electron chi connectivity index (χ0n) is 19.4. The van der Waals surface area contributed by atoms with Crippen LogP contribution in [0.5, 0.6) is 0 Å². The Morgan fingerprint density at radius 1 is 1.19 bits per heavy atom. The van der Waals surface area contributed by atoms with Crippen molar-refractivity contribution in [1.82, 2.24) is 14.5 Å². The third kappa shape index (κ3) is 3.31. The monoisotopic (exact) mass is 449 g/mol. The quantitative estimate of drug-likeness (QED) is 0.557. The molecule has 6 heteroatoms. The topological polar surface area (TPSA) is 55.2 Å². The molecule has 1 saturated heterocycles. The standard InChI is InChI=1S/C26H31N3O2S/c1-16(2)22-27-23-21(17(3)18(4)32-23)24(30)29(22)20-11-8-14-28(15-20)25(31)26(12-13-26)19-9-6-5-7-10-19/h5-7,9-10,16,20H,8,11-15H2,1-4H3. The van der Waals surface area contributed by atoms with Crippen LogP contribution in [0.1, 0.15) is 73.3 Å². The van der Waals surface area contributed by atoms with E-state index in [1.165, 1.54) is 0 Å². The number of nitrogens with zero attached hydrogens (tertiary/aromatic N) is 3. The number of hydrogen-bond donors (Lipinski definition) is 0. The highest BCUT2D eigenvalue weighted by Gasteiger charge is 2.53. The van der Waals surface area contributed by atoms with Crippen LogP contribution in [0.25, 0.3) is 10.2 Å². The molecule has 32 heavy (non-hydrogen) atoms. The predicted octanol–water partition coefficient (Wildman–Crippen LogP) is 5.09. The van der Waals surface area contributed by atoms with Crippen molar-refractivity contribution in [3.63, 3.8) is 0 Å². The van der Waals surface area contributed by atoms with Gasteiger partial charge in [0.15, 0.2) is 0 Å². The maximum absolute atomic E-state index is 13.7. The minimum Gasteiger partial charge on any atom is -0.340 e. The fraction of sp³-hybridized carbons (Fsp3) is 0.500. The van der Waals surface area contributed by atoms with E-state index in [9.17, 15) is 9.59 Å². The van der Waals surface area contributed by atoms with Gasteiger partial charge >= 0.3 is 0 Å². The molecule has 1 amide bonds. The van der Waals surface area contributed by atoms with E-state index in [2.05, 4.69) is 32.9 Å². The molecule has 2 aliphatic rings. The highest BCUT2D eigenvalue weighted by atomic mass is 32.1. The number of likely N-dealkylation sites (tertiary alicyclic amines) is 1. The summed E-state index contributed by atoms with van der Waals surface area (Å²) in [4.78, 5) is 36.3. The Morgan fingerprint density at radius 2 is 1.91 bits per heavy atom. The highest BCUT2D eigenvalue weighted by Crippen LogP contribution is 2.50. The molecule has 1 aliphatic carbocycles. The summed E-state index contributed by atoms with van der Waals surface area (Å²) in [5.74, 6) is 1.20. The van der Waals surface area contributed by atoms with Crippen LogP contribution in [0.15, 0.2) is 35.1 Å². The van der Waals surface area contributed by atoms with Crippen molar-refractivity contribution >= 4 is 27.5 Å². The third-order valence-electron chi connectivity index (χ3n) is 7.31. The fourth-order valence-corrected chi connectivity index (χ4v) is 6.27. The first kappa shape index (κ1) is 21.4. The lowest BCUT2D eigenvalue weighted by atomic mass is 9.92. The molecule has 2 fully saturated rings. The average Bonchev–Trinajstić information content (AvgIpc) is 3.55. The van der Waals surface area contributed by atoms with E-state index >= 15 is 0 Å². The molecule has 0 N–H and O–H groups in total. The Kier molecular flexibility index (Phi) is 5.24. The van der Waals surface area contributed by atoms with Crippen LogP contribution in [-0.4, -0.2) is 33.4 Å². The predicted molar refractivity (Wildman–Crippen MR) is 130 cm³/mol. The summed E-state index contributed by atoms with van der Waals surface area (Å²) in [7, 11) is 0. The highest BCUT2D eigenvalue weighted by molar-refractivity contribution is 7.18. The van der Waals surface area contributed by atoms with Crippen LogP contribution in [0.4, 0.5) is 0 Å². The summed E-state index contributed by atoms with van der Waals surface area (Å²) in [5.41, 5.74) is 1.86. The number of fused-ring (bicyclic) bond motifs is 1. The molecule has 1 atom stereocenters. The lowest BCUT2D eigenvalue weighted by Crippen LogP contribution is -2.47. The summed E-state index contributed by atoms with van der Waals surface area (Å²) < 4.78 is 1.92. The molecule has 1 aliphatic heterocycles. The Morgan fingerprint density at radius 3 is 2.56 bits per heavy atom. The summed E-state index contributed by atoms with van der Waals surface area (Å²) >= 11 is 1.61. The van der Waals surface area contributed by atoms with E-state index in [4.69, 9.17) is 4.98 Å². The van der Waals surface area contributed by atoms with Gasteiger partial charge < -0.3 is 4.90 Å². The second-order valence-electron chi connectivity index (χ2n) is 9.76. The minimum absolute atomic E-state index is 0.0271. The zero-order chi connectivity index (χ0) is 22.6. The summed E-state index contributed by atoms with van der Waals surface area (Å²) in [6.45, 7) is 9.62. The first-order valence-electron chi connectivity index (χ1n) is 11.7. The van der Waals surface area contributed by atoms with Gasteiger partial charge in [-0.2, -0.15) is 0 Å². The average molecular weight is 450 g/mol. The third-order valence-corrected chi connectivity index (χ3v) is 8.41. The van der Waals surface area contributed by atoms with E-state index < -0.39 is 0 Å². The fourth-order valence-electron chi connectivity index (χ4n) is 5.24. The van der Waals surface area contributed by atoms with Gasteiger partial charge in [-0.1, -0.05) is 44.2 Å². The van der Waals surface area contributed by atoms with Gasteiger partial charge in [-0.3, -0.25) is 14.2 Å². The minimum atomic E-state index is -0.363. The lowest BCUT2D eigenvalue weighted by molar-refractivity contribution is -0.135. The number of benzene rings is 1. The van der Waals surface area contributed by atoms with Crippen molar-refractivity contribution in [3.05, 3.63) is 62.5 Å². The van der Waals surface area contributed by atoms with E-state index in [1.807, 2.05) is 34.6 Å². The van der Waals surface area contributed by atoms with E-state index in [-0.39, 0.29) is 28.8 Å². The molecule has 1 saturated carbocycles. The number of amides is 1. The van der Waals surface area contributed by atoms with Crippen LogP contribution < -0.4 is 5.56 Å². The van der Waals surface area contributed by atoms with Crippen molar-refractivity contribution in [1.29, 1.82) is 0 Å². The summed E-state index contributed by atoms with van der Waals surface area (Å²) in [5, 5.41) is 0.753. The Balaban J connectivity index is 1.52. The number of hydrogen-bond acceptors (Lipinski definition) is 4. The number of aromatic nitrogens is 2. The molecule has 1 aromatic carbocycles. The van der Waals surface area contributed by atoms with Crippen LogP contribution in [0, 0.1) is 13.8 Å². The molecule has 0 radical (unpaired) electrons. The molecule has 0 bridgehead atoms. The second kappa shape index (κ2) is 7.84. The largest absolute Gasteiger partial charge is 0.340 e. The van der Waals surface area contributed by atoms with Crippen molar-refractivity contribution in [2.24, 2.45) is 0 Å². The smallest absolute Gasteiger partial charge is 0.262 e. The molecule has 5 nitrogen and oxygen atoms in total. The van der Waals surface area contributed by atoms with Gasteiger partial charge in [-0.05, 0) is 50.7 Å². The molecule has 168 valence electrons. The van der Waals surface area contributed by atoms with Gasteiger partial charge in [-0.15, -0.1) is 11.3 Å². The van der Waals surface area contributed by atoms with E-state index in [0.717, 1.165) is 64.3 Å². The molecule has 3 heterocycles. The number of carbonyl (C=O) groups excluding carboxylic acids is 1. The first-order valence-corrected chi connectivity index (χ1v) is 12.5. The van der Waals surface area contributed by atoms with Crippen molar-refractivity contribution in [2.75, 3.05) is 13.1 Å². The summed E-state index contributed by atoms with van der Waals surface area (Å²) in [6, 6.07) is 10.2. The van der Waals surface area contributed by atoms with Gasteiger partial charge in [0.2, 0.25) is 5.91 Å². The lowest BCUT2D eigenvalue weighted by Gasteiger charge is -2.37. The SMILES string of the molecule is Cc1sc2nc(C(C)C)n(C3CCCN(C(=O)C4(c5ccccc5)CC4)C3)c(=O)c2c1C. The van der Waals surface area contributed by atoms with E-state index in [0.29, 0.717) is 6.54 Å². The Hall–Kier alpha value is -2.47. The first-order chi connectivity index (χ1) is 15.3. The van der Waals surface area contributed by atoms with Crippen LogP contribution >= 0.6 is 11.3 Å². The van der Waals surface area contributed by atoms with Crippen molar-refractivity contribution < 1.29 is 4.79 Å². The van der Waals surface area contributed by atoms with Crippen LogP contribution in [0.2, 0.25) is 0 Å². The van der Waals surface area contributed by atoms with Gasteiger partial charge in [0.25, 0.3) is 5.56 Å². The number of piperidine rings is 1. The zero-order valence-corrected chi connectivity index (χ0v) is 20.2. The molecule has 5 rings (SSSR count). The molecule has 1 unspecified atom stereocenters. The number of aryl methyl sites for hydroxylation is 2. The van der Waals surface area contributed by atoms with Gasteiger partial charge in [0, 0.05) is 23.9 Å². The Bertz CT molecular complexity index is 1240. The van der Waals surface area contributed by atoms with Gasteiger partial charge in [-0.25, -0.2) is 4.98 Å². The maximum Gasteiger partial charge on any atom is 0.262 e. The normalized spacial score (nSPS) is 20.2. The van der Waals surface area contributed by atoms with E-state index in [1.54, 1.807) is 11.3 Å². The molecular weight excluding hydrogens is 418 g/mol. The molecule has 2 aromatic heterocycles. The summed E-state index contributed by atoms with van der Waals surface area (Å²) in [6.07, 6.45) is 3.63. The molecule has 3 aromatic rings. The van der Waals surface area contributed by atoms with Crippen LogP contribution in [0.3, 0.4) is 0 Å². The van der Waals surface area contributed by atoms with Crippen molar-refractivity contribution in [3.8, 4) is 0 Å².